The summed E-state index contributed by atoms with van der Waals surface area (Å²) in [5.41, 5.74) is 1.34. The van der Waals surface area contributed by atoms with E-state index >= 15 is 0 Å². The highest BCUT2D eigenvalue weighted by molar-refractivity contribution is 5.43. The number of nitrogens with zero attached hydrogens (tertiary/aromatic N) is 3. The van der Waals surface area contributed by atoms with Crippen LogP contribution in [0, 0.1) is 0 Å². The van der Waals surface area contributed by atoms with E-state index in [0.717, 1.165) is 31.4 Å². The molecule has 0 spiro atoms. The van der Waals surface area contributed by atoms with Crippen LogP contribution in [0.4, 0.5) is 5.82 Å². The van der Waals surface area contributed by atoms with Gasteiger partial charge in [-0.2, -0.15) is 0 Å². The molecule has 3 heterocycles. The number of piperazine rings is 1. The van der Waals surface area contributed by atoms with Gasteiger partial charge in [-0.3, -0.25) is 9.80 Å². The van der Waals surface area contributed by atoms with E-state index in [1.165, 1.54) is 38.0 Å². The van der Waals surface area contributed by atoms with E-state index in [9.17, 15) is 0 Å². The second-order valence-electron chi connectivity index (χ2n) is 6.51. The summed E-state index contributed by atoms with van der Waals surface area (Å²) in [4.78, 5) is 9.85. The lowest BCUT2D eigenvalue weighted by atomic mass is 10.1. The van der Waals surface area contributed by atoms with Crippen LogP contribution in [0.5, 0.6) is 0 Å². The standard InChI is InChI=1S/C17H28N4/c1-3-8-18-17-15(6-4-9-19-17)12-21-13-16-7-5-10-20(16)11-14(21)2/h4,6,9,14,16H,3,5,7-8,10-13H2,1-2H3,(H,18,19). The number of rotatable bonds is 5. The molecule has 2 aliphatic heterocycles. The van der Waals surface area contributed by atoms with Crippen molar-refractivity contribution in [3.63, 3.8) is 0 Å². The van der Waals surface area contributed by atoms with Crippen molar-refractivity contribution in [1.82, 2.24) is 14.8 Å². The number of fused-ring (bicyclic) bond motifs is 1. The van der Waals surface area contributed by atoms with Gasteiger partial charge in [-0.05, 0) is 38.8 Å². The van der Waals surface area contributed by atoms with Crippen LogP contribution in [0.2, 0.25) is 0 Å². The Hall–Kier alpha value is -1.13. The van der Waals surface area contributed by atoms with Crippen molar-refractivity contribution >= 4 is 5.82 Å². The van der Waals surface area contributed by atoms with Crippen LogP contribution in [-0.2, 0) is 6.54 Å². The molecular formula is C17H28N4. The molecule has 21 heavy (non-hydrogen) atoms. The third-order valence-electron chi connectivity index (χ3n) is 4.87. The zero-order valence-corrected chi connectivity index (χ0v) is 13.4. The van der Waals surface area contributed by atoms with Crippen molar-refractivity contribution < 1.29 is 0 Å². The first-order valence-electron chi connectivity index (χ1n) is 8.43. The SMILES string of the molecule is CCCNc1ncccc1CN1CC2CCCN2CC1C. The fourth-order valence-electron chi connectivity index (χ4n) is 3.66. The zero-order chi connectivity index (χ0) is 14.7. The lowest BCUT2D eigenvalue weighted by Crippen LogP contribution is -2.54. The first-order chi connectivity index (χ1) is 10.3. The Bertz CT molecular complexity index is 462. The molecule has 0 amide bonds. The van der Waals surface area contributed by atoms with Gasteiger partial charge in [0.25, 0.3) is 0 Å². The maximum absolute atomic E-state index is 4.53. The summed E-state index contributed by atoms with van der Waals surface area (Å²) >= 11 is 0. The van der Waals surface area contributed by atoms with E-state index in [0.29, 0.717) is 6.04 Å². The first-order valence-corrected chi connectivity index (χ1v) is 8.43. The molecule has 0 radical (unpaired) electrons. The average Bonchev–Trinajstić information content (AvgIpc) is 2.94. The summed E-state index contributed by atoms with van der Waals surface area (Å²) in [6, 6.07) is 5.70. The maximum atomic E-state index is 4.53. The lowest BCUT2D eigenvalue weighted by Gasteiger charge is -2.42. The molecule has 4 nitrogen and oxygen atoms in total. The Kier molecular flexibility index (Phi) is 4.76. The van der Waals surface area contributed by atoms with E-state index < -0.39 is 0 Å². The van der Waals surface area contributed by atoms with Gasteiger partial charge in [-0.1, -0.05) is 13.0 Å². The quantitative estimate of drug-likeness (QED) is 0.902. The largest absolute Gasteiger partial charge is 0.370 e. The van der Waals surface area contributed by atoms with Crippen molar-refractivity contribution in [2.45, 2.75) is 51.7 Å². The minimum absolute atomic E-state index is 0.638. The second-order valence-corrected chi connectivity index (χ2v) is 6.51. The topological polar surface area (TPSA) is 31.4 Å². The van der Waals surface area contributed by atoms with Crippen LogP contribution in [0.3, 0.4) is 0 Å². The number of hydrogen-bond donors (Lipinski definition) is 1. The zero-order valence-electron chi connectivity index (χ0n) is 13.4. The third-order valence-corrected chi connectivity index (χ3v) is 4.87. The van der Waals surface area contributed by atoms with Gasteiger partial charge in [0.15, 0.2) is 0 Å². The number of pyridine rings is 1. The van der Waals surface area contributed by atoms with Crippen LogP contribution >= 0.6 is 0 Å². The smallest absolute Gasteiger partial charge is 0.130 e. The van der Waals surface area contributed by atoms with E-state index in [1.54, 1.807) is 0 Å². The summed E-state index contributed by atoms with van der Waals surface area (Å²) in [6.07, 6.45) is 5.77. The van der Waals surface area contributed by atoms with Crippen LogP contribution in [-0.4, -0.2) is 53.0 Å². The van der Waals surface area contributed by atoms with Gasteiger partial charge in [-0.15, -0.1) is 0 Å². The molecule has 2 unspecified atom stereocenters. The first kappa shape index (κ1) is 14.8. The van der Waals surface area contributed by atoms with Crippen molar-refractivity contribution in [2.75, 3.05) is 31.5 Å². The molecule has 0 saturated carbocycles. The highest BCUT2D eigenvalue weighted by Crippen LogP contribution is 2.26. The number of hydrogen-bond acceptors (Lipinski definition) is 4. The molecule has 3 rings (SSSR count). The van der Waals surface area contributed by atoms with Crippen LogP contribution in [0.15, 0.2) is 18.3 Å². The van der Waals surface area contributed by atoms with Crippen LogP contribution in [0.1, 0.15) is 38.7 Å². The van der Waals surface area contributed by atoms with Gasteiger partial charge in [0.1, 0.15) is 5.82 Å². The summed E-state index contributed by atoms with van der Waals surface area (Å²) < 4.78 is 0. The van der Waals surface area contributed by atoms with Crippen LogP contribution < -0.4 is 5.32 Å². The van der Waals surface area contributed by atoms with Crippen molar-refractivity contribution in [2.24, 2.45) is 0 Å². The van der Waals surface area contributed by atoms with Crippen molar-refractivity contribution in [3.8, 4) is 0 Å². The van der Waals surface area contributed by atoms with Crippen molar-refractivity contribution in [3.05, 3.63) is 23.9 Å². The Morgan fingerprint density at radius 1 is 1.38 bits per heavy atom. The Morgan fingerprint density at radius 2 is 2.29 bits per heavy atom. The Balaban J connectivity index is 1.68. The van der Waals surface area contributed by atoms with Gasteiger partial charge in [0.05, 0.1) is 0 Å². The average molecular weight is 288 g/mol. The predicted molar refractivity (Wildman–Crippen MR) is 87.5 cm³/mol. The summed E-state index contributed by atoms with van der Waals surface area (Å²) in [7, 11) is 0. The molecule has 2 fully saturated rings. The maximum Gasteiger partial charge on any atom is 0.130 e. The molecule has 4 heteroatoms. The molecule has 116 valence electrons. The minimum atomic E-state index is 0.638. The third kappa shape index (κ3) is 3.38. The molecule has 1 N–H and O–H groups in total. The molecular weight excluding hydrogens is 260 g/mol. The van der Waals surface area contributed by atoms with E-state index in [2.05, 4.69) is 46.1 Å². The summed E-state index contributed by atoms with van der Waals surface area (Å²) in [5.74, 6) is 1.07. The molecule has 1 aromatic rings. The lowest BCUT2D eigenvalue weighted by molar-refractivity contribution is 0.0541. The van der Waals surface area contributed by atoms with E-state index in [1.807, 2.05) is 6.20 Å². The highest BCUT2D eigenvalue weighted by Gasteiger charge is 2.34. The monoisotopic (exact) mass is 288 g/mol. The highest BCUT2D eigenvalue weighted by atomic mass is 15.3. The molecule has 2 atom stereocenters. The molecule has 0 aromatic carbocycles. The van der Waals surface area contributed by atoms with Crippen molar-refractivity contribution in [1.29, 1.82) is 0 Å². The van der Waals surface area contributed by atoms with Gasteiger partial charge in [-0.25, -0.2) is 4.98 Å². The van der Waals surface area contributed by atoms with Crippen LogP contribution in [0.25, 0.3) is 0 Å². The normalized spacial score (nSPS) is 26.8. The fourth-order valence-corrected chi connectivity index (χ4v) is 3.66. The van der Waals surface area contributed by atoms with Gasteiger partial charge in [0, 0.05) is 50.0 Å². The van der Waals surface area contributed by atoms with E-state index in [4.69, 9.17) is 0 Å². The Morgan fingerprint density at radius 3 is 3.14 bits per heavy atom. The predicted octanol–water partition coefficient (Wildman–Crippen LogP) is 2.57. The van der Waals surface area contributed by atoms with Gasteiger partial charge in [0.2, 0.25) is 0 Å². The summed E-state index contributed by atoms with van der Waals surface area (Å²) in [5, 5.41) is 3.47. The molecule has 0 bridgehead atoms. The second kappa shape index (κ2) is 6.75. The van der Waals surface area contributed by atoms with E-state index in [-0.39, 0.29) is 0 Å². The fraction of sp³-hybridized carbons (Fsp3) is 0.706. The number of nitrogens with one attached hydrogen (secondary N) is 1. The number of anilines is 1. The molecule has 0 aliphatic carbocycles. The molecule has 2 saturated heterocycles. The number of aromatic nitrogens is 1. The van der Waals surface area contributed by atoms with Gasteiger partial charge >= 0.3 is 0 Å². The summed E-state index contributed by atoms with van der Waals surface area (Å²) in [6.45, 7) is 10.3. The van der Waals surface area contributed by atoms with Gasteiger partial charge < -0.3 is 5.32 Å². The Labute approximate surface area is 128 Å². The molecule has 2 aliphatic rings. The minimum Gasteiger partial charge on any atom is -0.370 e. The molecule has 1 aromatic heterocycles.